The van der Waals surface area contributed by atoms with Gasteiger partial charge >= 0.3 is 5.97 Å². The van der Waals surface area contributed by atoms with Crippen LogP contribution in [0, 0.1) is 23.7 Å². The van der Waals surface area contributed by atoms with Gasteiger partial charge in [-0.2, -0.15) is 0 Å². The lowest BCUT2D eigenvalue weighted by Crippen LogP contribution is -2.56. The molecule has 1 unspecified atom stereocenters. The molecule has 0 aliphatic carbocycles. The standard InChI is InChI=1S/C22H42N2O5S/c1-14(2)11-17(19(25)24-23)18(20(26)29-21(7,8)9)22(12-15(3)4,13-16(5)6)30(10,27)28/h12,14,16-18H,11,13,23H2,1-10H3,(H,24,25)/t17-,18+,22?/m1/s1. The smallest absolute Gasteiger partial charge is 0.312 e. The first kappa shape index (κ1) is 28.6. The second-order valence-corrected chi connectivity index (χ2v) is 12.6. The van der Waals surface area contributed by atoms with E-state index in [1.807, 2.05) is 27.7 Å². The van der Waals surface area contributed by atoms with Crippen LogP contribution in [0.2, 0.25) is 0 Å². The number of rotatable bonds is 10. The Balaban J connectivity index is 7.22. The first-order valence-electron chi connectivity index (χ1n) is 10.5. The molecule has 0 aromatic carbocycles. The Morgan fingerprint density at radius 3 is 1.87 bits per heavy atom. The summed E-state index contributed by atoms with van der Waals surface area (Å²) < 4.78 is 30.7. The lowest BCUT2D eigenvalue weighted by atomic mass is 9.73. The van der Waals surface area contributed by atoms with Crippen LogP contribution in [-0.4, -0.2) is 36.9 Å². The molecule has 0 radical (unpaired) electrons. The van der Waals surface area contributed by atoms with Crippen molar-refractivity contribution in [3.8, 4) is 0 Å². The minimum absolute atomic E-state index is 0.0280. The van der Waals surface area contributed by atoms with E-state index in [0.717, 1.165) is 11.8 Å². The third kappa shape index (κ3) is 8.02. The summed E-state index contributed by atoms with van der Waals surface area (Å²) in [6.45, 7) is 16.3. The summed E-state index contributed by atoms with van der Waals surface area (Å²) in [5.74, 6) is 1.94. The van der Waals surface area contributed by atoms with Crippen LogP contribution in [0.1, 0.15) is 75.2 Å². The largest absolute Gasteiger partial charge is 0.460 e. The number of hydrogen-bond acceptors (Lipinski definition) is 6. The number of nitrogens with one attached hydrogen (secondary N) is 1. The molecule has 0 aromatic heterocycles. The molecule has 176 valence electrons. The zero-order valence-electron chi connectivity index (χ0n) is 20.3. The third-order valence-electron chi connectivity index (χ3n) is 4.74. The van der Waals surface area contributed by atoms with Crippen LogP contribution >= 0.6 is 0 Å². The Bertz CT molecular complexity index is 731. The zero-order chi connectivity index (χ0) is 24.1. The Morgan fingerprint density at radius 1 is 1.07 bits per heavy atom. The second kappa shape index (κ2) is 10.8. The van der Waals surface area contributed by atoms with Gasteiger partial charge in [-0.05, 0) is 59.3 Å². The predicted octanol–water partition coefficient (Wildman–Crippen LogP) is 3.39. The van der Waals surface area contributed by atoms with Gasteiger partial charge in [0.2, 0.25) is 5.91 Å². The summed E-state index contributed by atoms with van der Waals surface area (Å²) in [4.78, 5) is 26.4. The Hall–Kier alpha value is -1.41. The highest BCUT2D eigenvalue weighted by Gasteiger charge is 2.55. The summed E-state index contributed by atoms with van der Waals surface area (Å²) in [5, 5.41) is 0. The average molecular weight is 447 g/mol. The van der Waals surface area contributed by atoms with Crippen LogP contribution in [0.3, 0.4) is 0 Å². The first-order chi connectivity index (χ1) is 13.4. The fraction of sp³-hybridized carbons (Fsp3) is 0.818. The van der Waals surface area contributed by atoms with Crippen molar-refractivity contribution >= 4 is 21.7 Å². The zero-order valence-corrected chi connectivity index (χ0v) is 21.1. The van der Waals surface area contributed by atoms with E-state index in [2.05, 4.69) is 5.43 Å². The maximum Gasteiger partial charge on any atom is 0.312 e. The van der Waals surface area contributed by atoms with Gasteiger partial charge in [0.25, 0.3) is 0 Å². The van der Waals surface area contributed by atoms with Crippen molar-refractivity contribution in [3.05, 3.63) is 11.6 Å². The maximum absolute atomic E-state index is 13.5. The van der Waals surface area contributed by atoms with Crippen molar-refractivity contribution < 1.29 is 22.7 Å². The van der Waals surface area contributed by atoms with E-state index in [1.54, 1.807) is 40.7 Å². The molecule has 0 heterocycles. The van der Waals surface area contributed by atoms with Gasteiger partial charge in [-0.3, -0.25) is 15.0 Å². The Kier molecular flexibility index (Phi) is 10.2. The summed E-state index contributed by atoms with van der Waals surface area (Å²) in [6, 6.07) is 0. The molecule has 8 heteroatoms. The molecule has 7 nitrogen and oxygen atoms in total. The van der Waals surface area contributed by atoms with Crippen molar-refractivity contribution in [2.45, 2.75) is 85.5 Å². The normalized spacial score (nSPS) is 16.6. The van der Waals surface area contributed by atoms with Crippen LogP contribution in [0.15, 0.2) is 11.6 Å². The molecule has 0 fully saturated rings. The predicted molar refractivity (Wildman–Crippen MR) is 121 cm³/mol. The van der Waals surface area contributed by atoms with E-state index in [9.17, 15) is 18.0 Å². The highest BCUT2D eigenvalue weighted by Crippen LogP contribution is 2.43. The van der Waals surface area contributed by atoms with Crippen molar-refractivity contribution in [2.24, 2.45) is 29.5 Å². The monoisotopic (exact) mass is 446 g/mol. The van der Waals surface area contributed by atoms with Gasteiger partial charge in [0.1, 0.15) is 10.3 Å². The van der Waals surface area contributed by atoms with Crippen molar-refractivity contribution in [3.63, 3.8) is 0 Å². The number of hydrazine groups is 1. The fourth-order valence-electron chi connectivity index (χ4n) is 3.97. The van der Waals surface area contributed by atoms with Gasteiger partial charge in [-0.15, -0.1) is 0 Å². The van der Waals surface area contributed by atoms with Gasteiger partial charge in [-0.1, -0.05) is 39.3 Å². The lowest BCUT2D eigenvalue weighted by Gasteiger charge is -2.42. The minimum Gasteiger partial charge on any atom is -0.460 e. The molecular formula is C22H42N2O5S. The average Bonchev–Trinajstić information content (AvgIpc) is 2.48. The molecule has 3 N–H and O–H groups in total. The van der Waals surface area contributed by atoms with Crippen molar-refractivity contribution in [2.75, 3.05) is 6.26 Å². The van der Waals surface area contributed by atoms with E-state index < -0.39 is 43.9 Å². The number of hydrogen-bond donors (Lipinski definition) is 2. The molecule has 0 aliphatic heterocycles. The van der Waals surface area contributed by atoms with Crippen LogP contribution in [0.5, 0.6) is 0 Å². The topological polar surface area (TPSA) is 116 Å². The molecule has 0 aliphatic rings. The molecular weight excluding hydrogens is 404 g/mol. The van der Waals surface area contributed by atoms with Gasteiger partial charge in [0, 0.05) is 6.26 Å². The van der Waals surface area contributed by atoms with Crippen LogP contribution in [0.25, 0.3) is 0 Å². The van der Waals surface area contributed by atoms with Gasteiger partial charge in [-0.25, -0.2) is 14.3 Å². The molecule has 0 saturated heterocycles. The number of nitrogens with two attached hydrogens (primary N) is 1. The summed E-state index contributed by atoms with van der Waals surface area (Å²) >= 11 is 0. The lowest BCUT2D eigenvalue weighted by molar-refractivity contribution is -0.165. The SMILES string of the molecule is CC(C)=CC(CC(C)C)([C@H](C(=O)OC(C)(C)C)[C@@H](CC(C)C)C(=O)NN)S(C)(=O)=O. The van der Waals surface area contributed by atoms with E-state index in [-0.39, 0.29) is 18.3 Å². The fourth-order valence-corrected chi connectivity index (χ4v) is 5.78. The highest BCUT2D eigenvalue weighted by molar-refractivity contribution is 7.92. The quantitative estimate of drug-likeness (QED) is 0.175. The van der Waals surface area contributed by atoms with Crippen LogP contribution in [0.4, 0.5) is 0 Å². The number of amides is 1. The number of sulfone groups is 1. The third-order valence-corrected chi connectivity index (χ3v) is 6.66. The van der Waals surface area contributed by atoms with E-state index in [1.165, 1.54) is 0 Å². The highest BCUT2D eigenvalue weighted by atomic mass is 32.2. The van der Waals surface area contributed by atoms with Crippen molar-refractivity contribution in [1.29, 1.82) is 0 Å². The number of allylic oxidation sites excluding steroid dienone is 1. The second-order valence-electron chi connectivity index (χ2n) is 10.3. The Morgan fingerprint density at radius 2 is 1.57 bits per heavy atom. The molecule has 0 bridgehead atoms. The maximum atomic E-state index is 13.5. The minimum atomic E-state index is -3.84. The van der Waals surface area contributed by atoms with E-state index in [4.69, 9.17) is 10.6 Å². The molecule has 30 heavy (non-hydrogen) atoms. The van der Waals surface area contributed by atoms with Crippen molar-refractivity contribution in [1.82, 2.24) is 5.43 Å². The van der Waals surface area contributed by atoms with E-state index >= 15 is 0 Å². The number of ether oxygens (including phenoxy) is 1. The number of carbonyl (C=O) groups is 2. The summed E-state index contributed by atoms with van der Waals surface area (Å²) in [5.41, 5.74) is 2.03. The molecule has 0 aromatic rings. The molecule has 0 spiro atoms. The summed E-state index contributed by atoms with van der Waals surface area (Å²) in [6.07, 6.45) is 3.21. The Labute approximate surface area is 183 Å². The first-order valence-corrected chi connectivity index (χ1v) is 12.4. The molecule has 3 atom stereocenters. The number of esters is 1. The molecule has 0 rings (SSSR count). The van der Waals surface area contributed by atoms with E-state index in [0.29, 0.717) is 6.42 Å². The van der Waals surface area contributed by atoms with Gasteiger partial charge < -0.3 is 4.74 Å². The summed E-state index contributed by atoms with van der Waals surface area (Å²) in [7, 11) is -3.84. The van der Waals surface area contributed by atoms with Crippen LogP contribution < -0.4 is 11.3 Å². The van der Waals surface area contributed by atoms with Gasteiger partial charge in [0.15, 0.2) is 9.84 Å². The number of carbonyl (C=O) groups excluding carboxylic acids is 2. The molecule has 0 saturated carbocycles. The molecule has 1 amide bonds. The van der Waals surface area contributed by atoms with Gasteiger partial charge in [0.05, 0.1) is 11.8 Å². The van der Waals surface area contributed by atoms with Crippen LogP contribution in [-0.2, 0) is 24.2 Å².